The first-order chi connectivity index (χ1) is 8.75. The van der Waals surface area contributed by atoms with Gasteiger partial charge in [0.15, 0.2) is 0 Å². The Morgan fingerprint density at radius 1 is 0.591 bits per heavy atom. The molecule has 0 spiro atoms. The Hall–Kier alpha value is 0.776. The van der Waals surface area contributed by atoms with Crippen LogP contribution < -0.4 is 51.4 Å². The molecule has 0 aromatic rings. The van der Waals surface area contributed by atoms with Gasteiger partial charge in [0, 0.05) is 0 Å². The van der Waals surface area contributed by atoms with Gasteiger partial charge in [-0.25, -0.2) is 4.39 Å². The van der Waals surface area contributed by atoms with Crippen LogP contribution in [0.15, 0.2) is 0 Å². The van der Waals surface area contributed by atoms with E-state index < -0.39 is 44.7 Å². The van der Waals surface area contributed by atoms with Gasteiger partial charge >= 0.3 is 96.1 Å². The molecule has 3 nitrogen and oxygen atoms in total. The van der Waals surface area contributed by atoms with E-state index in [1.165, 1.54) is 0 Å². The van der Waals surface area contributed by atoms with Crippen molar-refractivity contribution in [3.63, 3.8) is 0 Å². The minimum Gasteiger partial charge on any atom is -1.00 e. The maximum Gasteiger partial charge on any atom is 1.00 e. The third-order valence-corrected chi connectivity index (χ3v) is 3.96. The van der Waals surface area contributed by atoms with Gasteiger partial charge in [-0.15, -0.1) is 0 Å². The molecule has 1 aliphatic carbocycles. The monoisotopic (exact) mass is 402 g/mol. The average Bonchev–Trinajstić information content (AvgIpc) is 2.23. The summed E-state index contributed by atoms with van der Waals surface area (Å²) >= 11 is 0. The fraction of sp³-hybridized carbons (Fsp3) is 1.00. The molecule has 128 valence electrons. The van der Waals surface area contributed by atoms with Crippen molar-refractivity contribution in [2.24, 2.45) is 0 Å². The van der Waals surface area contributed by atoms with Crippen molar-refractivity contribution in [2.75, 3.05) is 0 Å². The SMILES string of the molecule is O=S(=O)(O)C1(F)C(F)(F)C(F)(F)C(F)(F)C(F)(F)C1(F)F.[H-].[K+]. The van der Waals surface area contributed by atoms with E-state index in [1.54, 1.807) is 0 Å². The van der Waals surface area contributed by atoms with Crippen LogP contribution in [0.2, 0.25) is 0 Å². The predicted octanol–water partition coefficient (Wildman–Crippen LogP) is -0.153. The van der Waals surface area contributed by atoms with E-state index in [0.29, 0.717) is 0 Å². The summed E-state index contributed by atoms with van der Waals surface area (Å²) in [5.41, 5.74) is 0. The number of rotatable bonds is 1. The molecule has 0 unspecified atom stereocenters. The molecule has 0 atom stereocenters. The molecule has 1 rings (SSSR count). The Kier molecular flexibility index (Phi) is 5.32. The van der Waals surface area contributed by atoms with E-state index in [0.717, 1.165) is 0 Å². The Morgan fingerprint density at radius 3 is 0.955 bits per heavy atom. The van der Waals surface area contributed by atoms with Crippen molar-refractivity contribution in [1.29, 1.82) is 0 Å². The molecule has 1 fully saturated rings. The first-order valence-electron chi connectivity index (χ1n) is 4.30. The molecular weight excluding hydrogens is 400 g/mol. The van der Waals surface area contributed by atoms with Gasteiger partial charge in [0.2, 0.25) is 0 Å². The Balaban J connectivity index is 0. The van der Waals surface area contributed by atoms with Crippen molar-refractivity contribution in [3.05, 3.63) is 0 Å². The second-order valence-corrected chi connectivity index (χ2v) is 5.45. The number of hydrogen-bond donors (Lipinski definition) is 1. The van der Waals surface area contributed by atoms with Crippen LogP contribution in [0.4, 0.5) is 48.3 Å². The third kappa shape index (κ3) is 2.00. The zero-order valence-corrected chi connectivity index (χ0v) is 13.8. The Bertz CT molecular complexity index is 546. The molecular formula is C6H2F11KO3S. The van der Waals surface area contributed by atoms with Gasteiger partial charge in [-0.1, -0.05) is 0 Å². The van der Waals surface area contributed by atoms with Crippen molar-refractivity contribution in [3.8, 4) is 0 Å². The quantitative estimate of drug-likeness (QED) is 0.377. The van der Waals surface area contributed by atoms with Crippen LogP contribution >= 0.6 is 0 Å². The van der Waals surface area contributed by atoms with Gasteiger partial charge in [0.25, 0.3) is 0 Å². The molecule has 1 saturated carbocycles. The smallest absolute Gasteiger partial charge is 1.00 e. The standard InChI is InChI=1S/C6HF11O3S.K.H/c7-1(8)2(9,10)4(13,14)6(17,21(18,19)20)5(15,16)3(1,11)12;;/h(H,18,19,20);;/q;+1;-1. The van der Waals surface area contributed by atoms with E-state index in [-0.39, 0.29) is 52.8 Å². The van der Waals surface area contributed by atoms with Gasteiger partial charge < -0.3 is 1.43 Å². The van der Waals surface area contributed by atoms with Gasteiger partial charge in [0.05, 0.1) is 0 Å². The summed E-state index contributed by atoms with van der Waals surface area (Å²) < 4.78 is 169. The summed E-state index contributed by atoms with van der Waals surface area (Å²) in [5.74, 6) is -37.8. The molecule has 1 aliphatic rings. The van der Waals surface area contributed by atoms with Crippen LogP contribution in [0.5, 0.6) is 0 Å². The van der Waals surface area contributed by atoms with Gasteiger partial charge in [-0.2, -0.15) is 52.3 Å². The van der Waals surface area contributed by atoms with Crippen molar-refractivity contribution in [2.45, 2.75) is 34.6 Å². The third-order valence-electron chi connectivity index (χ3n) is 2.74. The molecule has 0 aliphatic heterocycles. The molecule has 0 aromatic carbocycles. The molecule has 16 heteroatoms. The molecule has 0 amide bonds. The average molecular weight is 402 g/mol. The first kappa shape index (κ1) is 22.8. The summed E-state index contributed by atoms with van der Waals surface area (Å²) in [7, 11) is -7.69. The minimum atomic E-state index is -7.69. The second kappa shape index (κ2) is 5.14. The van der Waals surface area contributed by atoms with E-state index in [9.17, 15) is 56.7 Å². The van der Waals surface area contributed by atoms with E-state index in [2.05, 4.69) is 0 Å². The summed E-state index contributed by atoms with van der Waals surface area (Å²) in [6.45, 7) is 0. The largest absolute Gasteiger partial charge is 1.00 e. The number of hydrogen-bond acceptors (Lipinski definition) is 2. The van der Waals surface area contributed by atoms with Crippen LogP contribution in [-0.4, -0.2) is 47.6 Å². The molecule has 0 heterocycles. The first-order valence-corrected chi connectivity index (χ1v) is 5.74. The normalized spacial score (nSPS) is 30.2. The summed E-state index contributed by atoms with van der Waals surface area (Å²) in [4.78, 5) is 0. The van der Waals surface area contributed by atoms with E-state index in [4.69, 9.17) is 4.55 Å². The minimum absolute atomic E-state index is 0. The second-order valence-electron chi connectivity index (χ2n) is 3.94. The van der Waals surface area contributed by atoms with Crippen molar-refractivity contribution < 1.29 is 114 Å². The zero-order chi connectivity index (χ0) is 17.5. The van der Waals surface area contributed by atoms with Gasteiger partial charge in [-0.3, -0.25) is 4.55 Å². The molecule has 0 bridgehead atoms. The fourth-order valence-corrected chi connectivity index (χ4v) is 2.42. The molecule has 0 radical (unpaired) electrons. The van der Waals surface area contributed by atoms with Crippen LogP contribution in [0.25, 0.3) is 0 Å². The van der Waals surface area contributed by atoms with Gasteiger partial charge in [0.1, 0.15) is 0 Å². The number of halogens is 11. The molecule has 22 heavy (non-hydrogen) atoms. The van der Waals surface area contributed by atoms with Crippen LogP contribution in [0, 0.1) is 0 Å². The molecule has 0 aromatic heterocycles. The van der Waals surface area contributed by atoms with Crippen LogP contribution in [0.3, 0.4) is 0 Å². The van der Waals surface area contributed by atoms with Gasteiger partial charge in [-0.05, 0) is 0 Å². The topological polar surface area (TPSA) is 54.4 Å². The maximum absolute atomic E-state index is 13.3. The van der Waals surface area contributed by atoms with Crippen LogP contribution in [-0.2, 0) is 10.1 Å². The van der Waals surface area contributed by atoms with E-state index >= 15 is 0 Å². The zero-order valence-electron chi connectivity index (χ0n) is 10.8. The summed E-state index contributed by atoms with van der Waals surface area (Å²) in [5, 5.41) is -7.39. The van der Waals surface area contributed by atoms with Crippen LogP contribution in [0.1, 0.15) is 1.43 Å². The maximum atomic E-state index is 13.3. The Labute approximate surface area is 157 Å². The summed E-state index contributed by atoms with van der Waals surface area (Å²) in [6, 6.07) is 0. The van der Waals surface area contributed by atoms with Crippen molar-refractivity contribution >= 4 is 10.1 Å². The fourth-order valence-electron chi connectivity index (χ4n) is 1.52. The van der Waals surface area contributed by atoms with Crippen molar-refractivity contribution in [1.82, 2.24) is 0 Å². The summed E-state index contributed by atoms with van der Waals surface area (Å²) in [6.07, 6.45) is 0. The number of alkyl halides is 11. The Morgan fingerprint density at radius 2 is 0.773 bits per heavy atom. The predicted molar refractivity (Wildman–Crippen MR) is 41.2 cm³/mol. The molecule has 0 saturated heterocycles. The van der Waals surface area contributed by atoms with E-state index in [1.807, 2.05) is 0 Å². The molecule has 1 N–H and O–H groups in total.